The lowest BCUT2D eigenvalue weighted by Gasteiger charge is -2.30. The molecule has 6 heteroatoms. The third-order valence-corrected chi connectivity index (χ3v) is 4.95. The van der Waals surface area contributed by atoms with Gasteiger partial charge in [-0.05, 0) is 30.9 Å². The minimum Gasteiger partial charge on any atom is -0.467 e. The highest BCUT2D eigenvalue weighted by atomic mass is 16.3. The third-order valence-electron chi connectivity index (χ3n) is 4.95. The average Bonchev–Trinajstić information content (AvgIpc) is 3.26. The van der Waals surface area contributed by atoms with E-state index in [1.54, 1.807) is 12.3 Å². The van der Waals surface area contributed by atoms with Crippen LogP contribution in [0.1, 0.15) is 36.0 Å². The van der Waals surface area contributed by atoms with E-state index >= 15 is 0 Å². The third kappa shape index (κ3) is 4.22. The van der Waals surface area contributed by atoms with Gasteiger partial charge in [0.05, 0.1) is 12.8 Å². The number of nitrogens with zero attached hydrogens (tertiary/aromatic N) is 3. The summed E-state index contributed by atoms with van der Waals surface area (Å²) in [6.45, 7) is 4.24. The number of anilines is 1. The summed E-state index contributed by atoms with van der Waals surface area (Å²) < 4.78 is 5.37. The second-order valence-electron chi connectivity index (χ2n) is 7.26. The van der Waals surface area contributed by atoms with Crippen LogP contribution in [0, 0.1) is 5.92 Å². The fraction of sp³-hybridized carbons (Fsp3) is 0.318. The Morgan fingerprint density at radius 3 is 2.82 bits per heavy atom. The van der Waals surface area contributed by atoms with E-state index in [4.69, 9.17) is 4.42 Å². The molecule has 0 spiro atoms. The predicted molar refractivity (Wildman–Crippen MR) is 108 cm³/mol. The van der Waals surface area contributed by atoms with Crippen LogP contribution >= 0.6 is 0 Å². The number of rotatable bonds is 5. The monoisotopic (exact) mass is 376 g/mol. The van der Waals surface area contributed by atoms with E-state index in [0.29, 0.717) is 29.8 Å². The van der Waals surface area contributed by atoms with Crippen molar-refractivity contribution < 1.29 is 9.21 Å². The molecule has 3 aromatic rings. The molecule has 1 saturated heterocycles. The largest absolute Gasteiger partial charge is 0.467 e. The molecule has 1 aromatic carbocycles. The molecular formula is C22H24N4O2. The van der Waals surface area contributed by atoms with Crippen LogP contribution in [0.2, 0.25) is 0 Å². The molecule has 2 aromatic heterocycles. The van der Waals surface area contributed by atoms with E-state index in [1.807, 2.05) is 47.4 Å². The minimum atomic E-state index is -0.0350. The summed E-state index contributed by atoms with van der Waals surface area (Å²) in [6, 6.07) is 15.2. The van der Waals surface area contributed by atoms with Crippen molar-refractivity contribution in [3.8, 4) is 11.4 Å². The van der Waals surface area contributed by atoms with Crippen LogP contribution in [0.3, 0.4) is 0 Å². The first kappa shape index (κ1) is 18.2. The first-order valence-electron chi connectivity index (χ1n) is 9.69. The Labute approximate surface area is 164 Å². The van der Waals surface area contributed by atoms with Gasteiger partial charge in [-0.25, -0.2) is 9.97 Å². The van der Waals surface area contributed by atoms with Gasteiger partial charge < -0.3 is 14.6 Å². The Kier molecular flexibility index (Phi) is 5.37. The molecule has 1 aliphatic rings. The fourth-order valence-electron chi connectivity index (χ4n) is 3.49. The number of hydrogen-bond donors (Lipinski definition) is 1. The van der Waals surface area contributed by atoms with Gasteiger partial charge in [-0.15, -0.1) is 0 Å². The molecule has 1 amide bonds. The molecule has 28 heavy (non-hydrogen) atoms. The molecule has 0 saturated carbocycles. The van der Waals surface area contributed by atoms with Gasteiger partial charge in [0.2, 0.25) is 0 Å². The maximum Gasteiger partial charge on any atom is 0.272 e. The van der Waals surface area contributed by atoms with Crippen LogP contribution in [0.25, 0.3) is 11.4 Å². The first-order chi connectivity index (χ1) is 13.7. The molecule has 0 bridgehead atoms. The quantitative estimate of drug-likeness (QED) is 0.722. The Morgan fingerprint density at radius 1 is 1.21 bits per heavy atom. The summed E-state index contributed by atoms with van der Waals surface area (Å²) in [7, 11) is 0. The zero-order valence-corrected chi connectivity index (χ0v) is 16.0. The Morgan fingerprint density at radius 2 is 2.07 bits per heavy atom. The normalized spacial score (nSPS) is 16.8. The lowest BCUT2D eigenvalue weighted by atomic mass is 10.00. The van der Waals surface area contributed by atoms with Gasteiger partial charge in [-0.1, -0.05) is 37.3 Å². The second-order valence-corrected chi connectivity index (χ2v) is 7.26. The van der Waals surface area contributed by atoms with Gasteiger partial charge in [-0.3, -0.25) is 4.79 Å². The summed E-state index contributed by atoms with van der Waals surface area (Å²) in [5.41, 5.74) is 1.30. The molecule has 0 aliphatic carbocycles. The highest BCUT2D eigenvalue weighted by Crippen LogP contribution is 2.22. The summed E-state index contributed by atoms with van der Waals surface area (Å²) in [5, 5.41) is 3.25. The number of amides is 1. The number of likely N-dealkylation sites (tertiary alicyclic amines) is 1. The van der Waals surface area contributed by atoms with Crippen LogP contribution in [0.4, 0.5) is 5.82 Å². The maximum absolute atomic E-state index is 13.1. The molecule has 1 fully saturated rings. The summed E-state index contributed by atoms with van der Waals surface area (Å²) in [6.07, 6.45) is 3.84. The Balaban J connectivity index is 1.64. The van der Waals surface area contributed by atoms with E-state index in [-0.39, 0.29) is 5.91 Å². The van der Waals surface area contributed by atoms with Crippen molar-refractivity contribution in [1.29, 1.82) is 0 Å². The van der Waals surface area contributed by atoms with Crippen molar-refractivity contribution in [2.75, 3.05) is 18.4 Å². The molecule has 4 rings (SSSR count). The molecule has 1 N–H and O–H groups in total. The van der Waals surface area contributed by atoms with Crippen molar-refractivity contribution in [2.24, 2.45) is 5.92 Å². The number of aromatic nitrogens is 2. The topological polar surface area (TPSA) is 71.3 Å². The molecular weight excluding hydrogens is 352 g/mol. The standard InChI is InChI=1S/C22H24N4O2/c1-16-7-5-11-26(15-16)22(27)19-13-20(23-14-18-10-6-12-28-18)25-21(24-19)17-8-3-2-4-9-17/h2-4,6,8-10,12-13,16H,5,7,11,14-15H2,1H3,(H,23,24,25). The zero-order valence-electron chi connectivity index (χ0n) is 16.0. The van der Waals surface area contributed by atoms with Crippen molar-refractivity contribution in [3.63, 3.8) is 0 Å². The van der Waals surface area contributed by atoms with E-state index < -0.39 is 0 Å². The summed E-state index contributed by atoms with van der Waals surface area (Å²) in [5.74, 6) is 2.44. The molecule has 6 nitrogen and oxygen atoms in total. The summed E-state index contributed by atoms with van der Waals surface area (Å²) in [4.78, 5) is 24.2. The number of hydrogen-bond acceptors (Lipinski definition) is 5. The highest BCUT2D eigenvalue weighted by molar-refractivity contribution is 5.93. The van der Waals surface area contributed by atoms with Crippen LogP contribution in [-0.2, 0) is 6.54 Å². The van der Waals surface area contributed by atoms with Crippen molar-refractivity contribution >= 4 is 11.7 Å². The van der Waals surface area contributed by atoms with Gasteiger partial charge in [0, 0.05) is 24.7 Å². The van der Waals surface area contributed by atoms with Crippen LogP contribution in [0.15, 0.2) is 59.2 Å². The van der Waals surface area contributed by atoms with Crippen LogP contribution < -0.4 is 5.32 Å². The van der Waals surface area contributed by atoms with Gasteiger partial charge in [0.1, 0.15) is 17.3 Å². The first-order valence-corrected chi connectivity index (χ1v) is 9.69. The average molecular weight is 376 g/mol. The van der Waals surface area contributed by atoms with E-state index in [0.717, 1.165) is 30.8 Å². The number of carbonyl (C=O) groups excluding carboxylic acids is 1. The van der Waals surface area contributed by atoms with Crippen LogP contribution in [-0.4, -0.2) is 33.9 Å². The van der Waals surface area contributed by atoms with Crippen molar-refractivity contribution in [1.82, 2.24) is 14.9 Å². The lowest BCUT2D eigenvalue weighted by Crippen LogP contribution is -2.39. The van der Waals surface area contributed by atoms with E-state index in [9.17, 15) is 4.79 Å². The Hall–Kier alpha value is -3.15. The molecule has 0 radical (unpaired) electrons. The minimum absolute atomic E-state index is 0.0350. The number of nitrogens with one attached hydrogen (secondary N) is 1. The van der Waals surface area contributed by atoms with Crippen molar-refractivity contribution in [3.05, 3.63) is 66.2 Å². The summed E-state index contributed by atoms with van der Waals surface area (Å²) >= 11 is 0. The SMILES string of the molecule is CC1CCCN(C(=O)c2cc(NCc3ccco3)nc(-c3ccccc3)n2)C1. The predicted octanol–water partition coefficient (Wildman–Crippen LogP) is 4.22. The van der Waals surface area contributed by atoms with Gasteiger partial charge in [-0.2, -0.15) is 0 Å². The van der Waals surface area contributed by atoms with Crippen molar-refractivity contribution in [2.45, 2.75) is 26.3 Å². The number of carbonyl (C=O) groups is 1. The second kappa shape index (κ2) is 8.25. The molecule has 1 aliphatic heterocycles. The number of benzene rings is 1. The molecule has 144 valence electrons. The molecule has 1 unspecified atom stereocenters. The fourth-order valence-corrected chi connectivity index (χ4v) is 3.49. The van der Waals surface area contributed by atoms with E-state index in [2.05, 4.69) is 22.2 Å². The van der Waals surface area contributed by atoms with Crippen LogP contribution in [0.5, 0.6) is 0 Å². The zero-order chi connectivity index (χ0) is 19.3. The van der Waals surface area contributed by atoms with Gasteiger partial charge in [0.15, 0.2) is 5.82 Å². The Bertz CT molecular complexity index is 925. The molecule has 1 atom stereocenters. The highest BCUT2D eigenvalue weighted by Gasteiger charge is 2.24. The lowest BCUT2D eigenvalue weighted by molar-refractivity contribution is 0.0677. The van der Waals surface area contributed by atoms with Gasteiger partial charge in [0.25, 0.3) is 5.91 Å². The smallest absolute Gasteiger partial charge is 0.272 e. The van der Waals surface area contributed by atoms with Gasteiger partial charge >= 0.3 is 0 Å². The molecule has 3 heterocycles. The van der Waals surface area contributed by atoms with E-state index in [1.165, 1.54) is 6.42 Å². The maximum atomic E-state index is 13.1. The number of furan rings is 1. The number of piperidine rings is 1.